The second kappa shape index (κ2) is 10.8. The number of likely N-dealkylation sites (tertiary alicyclic amines) is 1. The summed E-state index contributed by atoms with van der Waals surface area (Å²) in [5.41, 5.74) is 2.97. The molecule has 0 spiro atoms. The standard InChI is InChI=1S/C27H34F2N4O3/c1-16-13-23(36-4)21(26(34)30-16)14-33(18(3)19-9-11-32(12-10-19)15-24(28)29)27(35)25-17(2)31-22-8-6-5-7-20(22)25/h5-8,13,18-19,24,31H,9-12,14-15H2,1-4H3,(H,30,34)/t18-/m1/s1. The molecule has 1 atom stereocenters. The normalized spacial score (nSPS) is 16.0. The summed E-state index contributed by atoms with van der Waals surface area (Å²) in [5, 5.41) is 0.828. The Labute approximate surface area is 209 Å². The Hall–Kier alpha value is -3.20. The average molecular weight is 501 g/mol. The molecule has 36 heavy (non-hydrogen) atoms. The van der Waals surface area contributed by atoms with E-state index in [1.165, 1.54) is 7.11 Å². The molecule has 0 bridgehead atoms. The van der Waals surface area contributed by atoms with Crippen molar-refractivity contribution >= 4 is 16.8 Å². The number of hydrogen-bond donors (Lipinski definition) is 2. The molecule has 1 saturated heterocycles. The molecule has 1 aromatic carbocycles. The first-order valence-electron chi connectivity index (χ1n) is 12.3. The molecule has 2 N–H and O–H groups in total. The van der Waals surface area contributed by atoms with Crippen molar-refractivity contribution in [3.8, 4) is 5.75 Å². The van der Waals surface area contributed by atoms with Crippen molar-refractivity contribution in [1.82, 2.24) is 19.8 Å². The number of nitrogens with zero attached hydrogens (tertiary/aromatic N) is 2. The number of alkyl halides is 2. The number of aryl methyl sites for hydroxylation is 2. The van der Waals surface area contributed by atoms with Crippen LogP contribution >= 0.6 is 0 Å². The van der Waals surface area contributed by atoms with Crippen LogP contribution in [0.4, 0.5) is 8.78 Å². The lowest BCUT2D eigenvalue weighted by atomic mass is 9.88. The second-order valence-electron chi connectivity index (χ2n) is 9.70. The van der Waals surface area contributed by atoms with Gasteiger partial charge in [0, 0.05) is 28.3 Å². The molecule has 0 unspecified atom stereocenters. The van der Waals surface area contributed by atoms with Gasteiger partial charge < -0.3 is 19.6 Å². The molecule has 7 nitrogen and oxygen atoms in total. The number of pyridine rings is 1. The summed E-state index contributed by atoms with van der Waals surface area (Å²) in [6, 6.07) is 9.19. The minimum Gasteiger partial charge on any atom is -0.496 e. The van der Waals surface area contributed by atoms with Gasteiger partial charge >= 0.3 is 0 Å². The molecule has 194 valence electrons. The zero-order chi connectivity index (χ0) is 26.0. The Kier molecular flexibility index (Phi) is 7.78. The van der Waals surface area contributed by atoms with Gasteiger partial charge in [0.15, 0.2) is 0 Å². The van der Waals surface area contributed by atoms with Crippen LogP contribution in [-0.2, 0) is 6.54 Å². The summed E-state index contributed by atoms with van der Waals surface area (Å²) >= 11 is 0. The van der Waals surface area contributed by atoms with Crippen LogP contribution < -0.4 is 10.3 Å². The van der Waals surface area contributed by atoms with Crippen molar-refractivity contribution in [2.75, 3.05) is 26.7 Å². The van der Waals surface area contributed by atoms with E-state index < -0.39 is 6.43 Å². The maximum atomic E-state index is 14.2. The van der Waals surface area contributed by atoms with Crippen LogP contribution in [0.25, 0.3) is 10.9 Å². The van der Waals surface area contributed by atoms with E-state index in [-0.39, 0.29) is 36.5 Å². The molecule has 1 amide bonds. The molecular weight excluding hydrogens is 466 g/mol. The molecule has 1 fully saturated rings. The molecule has 3 heterocycles. The molecule has 1 aliphatic rings. The number of amides is 1. The third-order valence-electron chi connectivity index (χ3n) is 7.35. The van der Waals surface area contributed by atoms with E-state index in [1.807, 2.05) is 38.1 Å². The lowest BCUT2D eigenvalue weighted by molar-refractivity contribution is 0.0408. The van der Waals surface area contributed by atoms with Gasteiger partial charge in [-0.2, -0.15) is 0 Å². The van der Waals surface area contributed by atoms with Gasteiger partial charge in [0.25, 0.3) is 17.9 Å². The quantitative estimate of drug-likeness (QED) is 0.478. The zero-order valence-electron chi connectivity index (χ0n) is 21.2. The number of hydrogen-bond acceptors (Lipinski definition) is 4. The fourth-order valence-corrected chi connectivity index (χ4v) is 5.35. The van der Waals surface area contributed by atoms with Crippen LogP contribution in [0.2, 0.25) is 0 Å². The highest BCUT2D eigenvalue weighted by Gasteiger charge is 2.34. The molecule has 0 aliphatic carbocycles. The summed E-state index contributed by atoms with van der Waals surface area (Å²) in [4.78, 5) is 36.7. The maximum Gasteiger partial charge on any atom is 0.256 e. The number of methoxy groups -OCH3 is 1. The smallest absolute Gasteiger partial charge is 0.256 e. The van der Waals surface area contributed by atoms with Crippen molar-refractivity contribution in [3.05, 3.63) is 63.2 Å². The average Bonchev–Trinajstić information content (AvgIpc) is 3.18. The van der Waals surface area contributed by atoms with Gasteiger partial charge in [-0.1, -0.05) is 18.2 Å². The van der Waals surface area contributed by atoms with E-state index >= 15 is 0 Å². The van der Waals surface area contributed by atoms with Crippen molar-refractivity contribution in [3.63, 3.8) is 0 Å². The van der Waals surface area contributed by atoms with Gasteiger partial charge in [-0.15, -0.1) is 0 Å². The van der Waals surface area contributed by atoms with E-state index in [4.69, 9.17) is 4.74 Å². The Morgan fingerprint density at radius 1 is 1.19 bits per heavy atom. The number of carbonyl (C=O) groups excluding carboxylic acids is 1. The number of ether oxygens (including phenoxy) is 1. The van der Waals surface area contributed by atoms with Gasteiger partial charge in [0.2, 0.25) is 0 Å². The molecule has 3 aromatic rings. The predicted molar refractivity (Wildman–Crippen MR) is 136 cm³/mol. The topological polar surface area (TPSA) is 81.4 Å². The third kappa shape index (κ3) is 5.31. The number of nitrogens with one attached hydrogen (secondary N) is 2. The van der Waals surface area contributed by atoms with Crippen LogP contribution in [0.3, 0.4) is 0 Å². The fourth-order valence-electron chi connectivity index (χ4n) is 5.35. The summed E-state index contributed by atoms with van der Waals surface area (Å²) in [6.45, 7) is 6.61. The van der Waals surface area contributed by atoms with Crippen LogP contribution in [0.5, 0.6) is 5.75 Å². The van der Waals surface area contributed by atoms with E-state index in [9.17, 15) is 18.4 Å². The summed E-state index contributed by atoms with van der Waals surface area (Å²) < 4.78 is 31.2. The molecule has 2 aromatic heterocycles. The van der Waals surface area contributed by atoms with Crippen molar-refractivity contribution in [1.29, 1.82) is 0 Å². The number of benzene rings is 1. The van der Waals surface area contributed by atoms with Gasteiger partial charge in [-0.25, -0.2) is 8.78 Å². The number of halogens is 2. The van der Waals surface area contributed by atoms with Gasteiger partial charge in [-0.05, 0) is 64.8 Å². The third-order valence-corrected chi connectivity index (χ3v) is 7.35. The number of fused-ring (bicyclic) bond motifs is 1. The minimum absolute atomic E-state index is 0.0784. The number of rotatable bonds is 8. The lowest BCUT2D eigenvalue weighted by Crippen LogP contribution is -2.47. The number of piperidine rings is 1. The molecule has 0 saturated carbocycles. The highest BCUT2D eigenvalue weighted by atomic mass is 19.3. The first-order chi connectivity index (χ1) is 17.2. The van der Waals surface area contributed by atoms with Crippen molar-refractivity contribution in [2.24, 2.45) is 5.92 Å². The number of H-pyrrole nitrogens is 2. The van der Waals surface area contributed by atoms with Gasteiger partial charge in [0.05, 0.1) is 31.3 Å². The Morgan fingerprint density at radius 2 is 1.89 bits per heavy atom. The summed E-state index contributed by atoms with van der Waals surface area (Å²) in [7, 11) is 1.51. The number of aromatic amines is 2. The first kappa shape index (κ1) is 25.9. The van der Waals surface area contributed by atoms with Crippen molar-refractivity contribution in [2.45, 2.75) is 52.6 Å². The maximum absolute atomic E-state index is 14.2. The number of para-hydroxylation sites is 1. The Morgan fingerprint density at radius 3 is 2.56 bits per heavy atom. The van der Waals surface area contributed by atoms with Crippen LogP contribution in [0.1, 0.15) is 47.1 Å². The zero-order valence-corrected chi connectivity index (χ0v) is 21.2. The lowest BCUT2D eigenvalue weighted by Gasteiger charge is -2.40. The van der Waals surface area contributed by atoms with Gasteiger partial charge in [0.1, 0.15) is 5.75 Å². The fraction of sp³-hybridized carbons (Fsp3) is 0.481. The van der Waals surface area contributed by atoms with Crippen LogP contribution in [0, 0.1) is 19.8 Å². The predicted octanol–water partition coefficient (Wildman–Crippen LogP) is 4.49. The number of carbonyl (C=O) groups is 1. The Bertz CT molecular complexity index is 1280. The van der Waals surface area contributed by atoms with Crippen LogP contribution in [-0.4, -0.2) is 64.9 Å². The molecule has 0 radical (unpaired) electrons. The Balaban J connectivity index is 1.70. The highest BCUT2D eigenvalue weighted by Crippen LogP contribution is 2.31. The molecule has 9 heteroatoms. The highest BCUT2D eigenvalue weighted by molar-refractivity contribution is 6.08. The van der Waals surface area contributed by atoms with E-state index in [1.54, 1.807) is 22.8 Å². The molecule has 4 rings (SSSR count). The summed E-state index contributed by atoms with van der Waals surface area (Å²) in [5.74, 6) is 0.377. The number of aromatic nitrogens is 2. The second-order valence-corrected chi connectivity index (χ2v) is 9.70. The van der Waals surface area contributed by atoms with Crippen LogP contribution in [0.15, 0.2) is 35.1 Å². The van der Waals surface area contributed by atoms with E-state index in [2.05, 4.69) is 9.97 Å². The SMILES string of the molecule is COc1cc(C)[nH]c(=O)c1CN(C(=O)c1c(C)[nH]c2ccccc12)[C@H](C)C1CCN(CC(F)F)CC1. The largest absolute Gasteiger partial charge is 0.496 e. The monoisotopic (exact) mass is 500 g/mol. The molecular formula is C27H34F2N4O3. The molecule has 1 aliphatic heterocycles. The van der Waals surface area contributed by atoms with E-state index in [0.717, 1.165) is 16.6 Å². The van der Waals surface area contributed by atoms with E-state index in [0.29, 0.717) is 48.5 Å². The first-order valence-corrected chi connectivity index (χ1v) is 12.3. The van der Waals surface area contributed by atoms with Gasteiger partial charge in [-0.3, -0.25) is 14.5 Å². The summed E-state index contributed by atoms with van der Waals surface area (Å²) in [6.07, 6.45) is -0.958. The minimum atomic E-state index is -2.36. The van der Waals surface area contributed by atoms with Crippen molar-refractivity contribution < 1.29 is 18.3 Å².